The molecule has 4 amide bonds. The van der Waals surface area contributed by atoms with Crippen LogP contribution in [0.15, 0.2) is 83.0 Å². The fourth-order valence-corrected chi connectivity index (χ4v) is 6.76. The van der Waals surface area contributed by atoms with Crippen molar-refractivity contribution in [3.05, 3.63) is 94.6 Å². The molecule has 0 radical (unpaired) electrons. The van der Waals surface area contributed by atoms with Crippen LogP contribution >= 0.6 is 23.1 Å². The first-order valence-electron chi connectivity index (χ1n) is 15.1. The van der Waals surface area contributed by atoms with E-state index in [1.165, 1.54) is 29.2 Å². The number of fused-ring (bicyclic) bond motifs is 1. The number of nitrogens with zero attached hydrogens (tertiary/aromatic N) is 3. The van der Waals surface area contributed by atoms with Gasteiger partial charge in [-0.2, -0.15) is 0 Å². The fourth-order valence-electron chi connectivity index (χ4n) is 4.86. The van der Waals surface area contributed by atoms with Crippen LogP contribution in [0.3, 0.4) is 0 Å². The molecule has 14 nitrogen and oxygen atoms in total. The second-order valence-corrected chi connectivity index (χ2v) is 13.7. The number of nitrogens with one attached hydrogen (secondary N) is 3. The molecule has 1 saturated heterocycles. The highest BCUT2D eigenvalue weighted by atomic mass is 32.2. The van der Waals surface area contributed by atoms with Crippen molar-refractivity contribution in [3.63, 3.8) is 0 Å². The van der Waals surface area contributed by atoms with E-state index in [1.54, 1.807) is 26.8 Å². The van der Waals surface area contributed by atoms with Crippen molar-refractivity contribution in [2.45, 2.75) is 43.9 Å². The molecule has 49 heavy (non-hydrogen) atoms. The quantitative estimate of drug-likeness (QED) is 0.116. The van der Waals surface area contributed by atoms with Crippen molar-refractivity contribution >= 4 is 63.7 Å². The van der Waals surface area contributed by atoms with Crippen LogP contribution in [0.1, 0.15) is 43.7 Å². The van der Waals surface area contributed by atoms with E-state index >= 15 is 0 Å². The molecule has 0 unspecified atom stereocenters. The zero-order chi connectivity index (χ0) is 35.1. The molecule has 256 valence electrons. The van der Waals surface area contributed by atoms with Gasteiger partial charge in [-0.3, -0.25) is 19.3 Å². The Kier molecular flexibility index (Phi) is 11.0. The maximum Gasteiger partial charge on any atom is 0.408 e. The van der Waals surface area contributed by atoms with Gasteiger partial charge >= 0.3 is 12.1 Å². The average molecular weight is 707 g/mol. The zero-order valence-corrected chi connectivity index (χ0v) is 28.6. The molecule has 0 aliphatic carbocycles. The molecule has 3 heterocycles. The van der Waals surface area contributed by atoms with Gasteiger partial charge in [-0.15, -0.1) is 23.1 Å². The molecular formula is C33H34N6O8S2. The summed E-state index contributed by atoms with van der Waals surface area (Å²) in [5.41, 5.74) is 0.773. The van der Waals surface area contributed by atoms with Gasteiger partial charge in [-0.25, -0.2) is 14.6 Å². The van der Waals surface area contributed by atoms with Gasteiger partial charge < -0.3 is 30.3 Å². The third-order valence-electron chi connectivity index (χ3n) is 6.95. The van der Waals surface area contributed by atoms with Gasteiger partial charge in [0.2, 0.25) is 5.91 Å². The van der Waals surface area contributed by atoms with Crippen LogP contribution in [0, 0.1) is 0 Å². The molecule has 1 fully saturated rings. The van der Waals surface area contributed by atoms with Gasteiger partial charge in [-0.1, -0.05) is 65.8 Å². The lowest BCUT2D eigenvalue weighted by atomic mass is 10.0. The minimum atomic E-state index is -0.966. The number of amides is 4. The molecule has 2 aliphatic heterocycles. The number of carbonyl (C=O) groups is 5. The van der Waals surface area contributed by atoms with Crippen LogP contribution in [0.4, 0.5) is 9.93 Å². The Morgan fingerprint density at radius 3 is 2.31 bits per heavy atom. The van der Waals surface area contributed by atoms with Crippen molar-refractivity contribution < 1.29 is 38.3 Å². The Hall–Kier alpha value is -5.22. The van der Waals surface area contributed by atoms with Crippen molar-refractivity contribution in [1.29, 1.82) is 0 Å². The summed E-state index contributed by atoms with van der Waals surface area (Å²) in [6.45, 7) is 4.72. The highest BCUT2D eigenvalue weighted by molar-refractivity contribution is 8.00. The van der Waals surface area contributed by atoms with Crippen LogP contribution in [-0.2, 0) is 33.5 Å². The second-order valence-electron chi connectivity index (χ2n) is 11.6. The van der Waals surface area contributed by atoms with Gasteiger partial charge in [-0.05, 0) is 38.0 Å². The third kappa shape index (κ3) is 8.63. The summed E-state index contributed by atoms with van der Waals surface area (Å²) in [5, 5.41) is 12.4. The van der Waals surface area contributed by atoms with E-state index in [0.29, 0.717) is 5.75 Å². The maximum absolute atomic E-state index is 13.5. The summed E-state index contributed by atoms with van der Waals surface area (Å²) in [6, 6.07) is 17.6. The summed E-state index contributed by atoms with van der Waals surface area (Å²) in [7, 11) is 1.25. The number of aromatic nitrogens is 1. The number of rotatable bonds is 11. The normalized spacial score (nSPS) is 17.2. The summed E-state index contributed by atoms with van der Waals surface area (Å²) in [6.07, 6.45) is 0.188. The molecule has 3 N–H and O–H groups in total. The summed E-state index contributed by atoms with van der Waals surface area (Å²) < 4.78 is 11.1. The van der Waals surface area contributed by atoms with Crippen LogP contribution in [0.25, 0.3) is 0 Å². The second kappa shape index (κ2) is 15.3. The van der Waals surface area contributed by atoms with E-state index in [9.17, 15) is 24.0 Å². The Morgan fingerprint density at radius 2 is 1.69 bits per heavy atom. The average Bonchev–Trinajstić information content (AvgIpc) is 3.54. The molecule has 0 bridgehead atoms. The molecule has 0 saturated carbocycles. The van der Waals surface area contributed by atoms with E-state index in [2.05, 4.69) is 26.1 Å². The monoisotopic (exact) mass is 706 g/mol. The lowest BCUT2D eigenvalue weighted by Crippen LogP contribution is -2.70. The smallest absolute Gasteiger partial charge is 0.408 e. The number of alkyl carbamates (subject to hydrolysis) is 1. The molecule has 1 aromatic heterocycles. The zero-order valence-electron chi connectivity index (χ0n) is 27.0. The van der Waals surface area contributed by atoms with E-state index in [-0.39, 0.29) is 28.8 Å². The predicted octanol–water partition coefficient (Wildman–Crippen LogP) is 3.57. The van der Waals surface area contributed by atoms with Gasteiger partial charge in [0, 0.05) is 11.1 Å². The Balaban J connectivity index is 1.21. The number of hydrogen-bond acceptors (Lipinski definition) is 12. The number of esters is 1. The van der Waals surface area contributed by atoms with E-state index in [1.807, 2.05) is 60.7 Å². The lowest BCUT2D eigenvalue weighted by Gasteiger charge is -2.48. The highest BCUT2D eigenvalue weighted by Crippen LogP contribution is 2.39. The standard InChI is InChI=1S/C33H34N6O8S2/c1-33(2,3)47-32(44)34-17-23(40)36-31-35-21(18-49-31)24(38-45-4)27(41)37-25-28(42)39-22(15-16-48-29(25)39)30(43)46-26(19-11-7-5-8-12-19)20-13-9-6-10-14-20/h5-15,18,25-26,29H,16-17H2,1-4H3,(H,34,44)(H,37,41)(H,35,36,40)/b38-24-/t25-,29-/m1/s1. The number of benzene rings is 2. The molecule has 3 aromatic rings. The van der Waals surface area contributed by atoms with Crippen LogP contribution in [0.5, 0.6) is 0 Å². The van der Waals surface area contributed by atoms with E-state index < -0.39 is 52.9 Å². The molecule has 2 atom stereocenters. The molecule has 0 spiro atoms. The Bertz CT molecular complexity index is 1730. The van der Waals surface area contributed by atoms with Crippen LogP contribution in [-0.4, -0.2) is 81.8 Å². The minimum Gasteiger partial charge on any atom is -0.448 e. The first-order chi connectivity index (χ1) is 23.4. The lowest BCUT2D eigenvalue weighted by molar-refractivity contribution is -0.154. The Labute approximate surface area is 290 Å². The molecule has 16 heteroatoms. The molecule has 5 rings (SSSR count). The van der Waals surface area contributed by atoms with Crippen molar-refractivity contribution in [2.75, 3.05) is 24.7 Å². The number of thiazole rings is 1. The minimum absolute atomic E-state index is 0.0803. The fraction of sp³-hybridized carbons (Fsp3) is 0.303. The van der Waals surface area contributed by atoms with Gasteiger partial charge in [0.1, 0.15) is 42.1 Å². The van der Waals surface area contributed by atoms with Crippen molar-refractivity contribution in [3.8, 4) is 0 Å². The van der Waals surface area contributed by atoms with Crippen LogP contribution in [0.2, 0.25) is 0 Å². The largest absolute Gasteiger partial charge is 0.448 e. The van der Waals surface area contributed by atoms with E-state index in [4.69, 9.17) is 14.3 Å². The number of carbonyl (C=O) groups excluding carboxylic acids is 5. The first-order valence-corrected chi connectivity index (χ1v) is 17.0. The molecule has 2 aromatic carbocycles. The van der Waals surface area contributed by atoms with Gasteiger partial charge in [0.15, 0.2) is 16.9 Å². The predicted molar refractivity (Wildman–Crippen MR) is 182 cm³/mol. The molecular weight excluding hydrogens is 673 g/mol. The number of ether oxygens (including phenoxy) is 2. The SMILES string of the molecule is CO/N=C(\C(=O)N[C@@H]1C(=O)N2C(C(=O)OC(c3ccccc3)c3ccccc3)=CCS[C@H]12)c1csc(NC(=O)CNC(=O)OC(C)(C)C)n1. The molecule has 2 aliphatic rings. The Morgan fingerprint density at radius 1 is 1.04 bits per heavy atom. The number of hydrogen-bond donors (Lipinski definition) is 3. The summed E-state index contributed by atoms with van der Waals surface area (Å²) in [4.78, 5) is 74.9. The van der Waals surface area contributed by atoms with Crippen LogP contribution < -0.4 is 16.0 Å². The number of anilines is 1. The van der Waals surface area contributed by atoms with Gasteiger partial charge in [0.25, 0.3) is 11.8 Å². The van der Waals surface area contributed by atoms with Crippen molar-refractivity contribution in [1.82, 2.24) is 20.5 Å². The summed E-state index contributed by atoms with van der Waals surface area (Å²) >= 11 is 2.39. The number of thioether (sulfide) groups is 1. The topological polar surface area (TPSA) is 178 Å². The first kappa shape index (κ1) is 35.1. The maximum atomic E-state index is 13.5. The van der Waals surface area contributed by atoms with Gasteiger partial charge in [0.05, 0.1) is 0 Å². The third-order valence-corrected chi connectivity index (χ3v) is 8.90. The summed E-state index contributed by atoms with van der Waals surface area (Å²) in [5.74, 6) is -2.07. The van der Waals surface area contributed by atoms with E-state index in [0.717, 1.165) is 22.5 Å². The van der Waals surface area contributed by atoms with Crippen molar-refractivity contribution in [2.24, 2.45) is 5.16 Å². The number of oxime groups is 1. The number of β-lactam (4-membered cyclic amide) rings is 1. The highest BCUT2D eigenvalue weighted by Gasteiger charge is 2.53.